The Bertz CT molecular complexity index is 1470. The zero-order valence-electron chi connectivity index (χ0n) is 21.1. The summed E-state index contributed by atoms with van der Waals surface area (Å²) in [6.45, 7) is 0.241. The maximum atomic E-state index is 14.6. The van der Waals surface area contributed by atoms with Gasteiger partial charge in [-0.3, -0.25) is 9.78 Å². The first kappa shape index (κ1) is 26.5. The molecule has 1 aliphatic carbocycles. The van der Waals surface area contributed by atoms with Gasteiger partial charge < -0.3 is 15.0 Å². The molecule has 1 N–H and O–H groups in total. The Labute approximate surface area is 229 Å². The number of amides is 1. The van der Waals surface area contributed by atoms with Crippen LogP contribution in [0.1, 0.15) is 40.9 Å². The molecule has 0 atom stereocenters. The third kappa shape index (κ3) is 5.13. The topological polar surface area (TPSA) is 54.5 Å². The van der Waals surface area contributed by atoms with Crippen LogP contribution in [0.3, 0.4) is 0 Å². The van der Waals surface area contributed by atoms with E-state index in [0.717, 1.165) is 31.2 Å². The van der Waals surface area contributed by atoms with Crippen LogP contribution >= 0.6 is 22.9 Å². The largest absolute Gasteiger partial charge is 0.496 e. The molecular formula is C29H28ClF2N3O2S. The Balaban J connectivity index is 1.55. The number of rotatable bonds is 7. The second-order valence-electron chi connectivity index (χ2n) is 9.47. The fourth-order valence-electron chi connectivity index (χ4n) is 5.24. The summed E-state index contributed by atoms with van der Waals surface area (Å²) in [5.41, 5.74) is 1.82. The fraction of sp³-hybridized carbons (Fsp3) is 0.310. The number of thiophene rings is 1. The van der Waals surface area contributed by atoms with Gasteiger partial charge in [0.1, 0.15) is 22.3 Å². The molecule has 0 spiro atoms. The standard InChI is InChI=1S/C29H28ClF2N3O2S/c1-33-19-7-9-20(10-8-19)35(29(36)28-27(30)26-22(31)4-3-5-25(26)38-28)16-18-14-17(6-11-24(18)37-2)21-12-13-34-15-23(21)32/h3-6,11-15,19-20,33H,7-10,16H2,1-2H3/t19-,20-. The Morgan fingerprint density at radius 3 is 2.63 bits per heavy atom. The van der Waals surface area contributed by atoms with Gasteiger partial charge in [-0.1, -0.05) is 23.7 Å². The minimum Gasteiger partial charge on any atom is -0.496 e. The molecule has 0 aliphatic heterocycles. The highest BCUT2D eigenvalue weighted by atomic mass is 35.5. The lowest BCUT2D eigenvalue weighted by Crippen LogP contribution is -2.44. The molecule has 0 radical (unpaired) electrons. The highest BCUT2D eigenvalue weighted by Crippen LogP contribution is 2.39. The van der Waals surface area contributed by atoms with Gasteiger partial charge in [0.2, 0.25) is 0 Å². The molecule has 0 saturated heterocycles. The van der Waals surface area contributed by atoms with Crippen LogP contribution in [-0.4, -0.2) is 42.0 Å². The van der Waals surface area contributed by atoms with Crippen molar-refractivity contribution >= 4 is 38.9 Å². The smallest absolute Gasteiger partial charge is 0.266 e. The summed E-state index contributed by atoms with van der Waals surface area (Å²) < 4.78 is 35.4. The molecule has 1 fully saturated rings. The molecule has 5 nitrogen and oxygen atoms in total. The van der Waals surface area contributed by atoms with E-state index < -0.39 is 11.6 Å². The highest BCUT2D eigenvalue weighted by Gasteiger charge is 2.32. The predicted molar refractivity (Wildman–Crippen MR) is 148 cm³/mol. The molecule has 4 aromatic rings. The van der Waals surface area contributed by atoms with E-state index >= 15 is 0 Å². The summed E-state index contributed by atoms with van der Waals surface area (Å²) in [7, 11) is 3.52. The Kier molecular flexibility index (Phi) is 7.93. The van der Waals surface area contributed by atoms with Gasteiger partial charge in [-0.2, -0.15) is 0 Å². The lowest BCUT2D eigenvalue weighted by Gasteiger charge is -2.37. The summed E-state index contributed by atoms with van der Waals surface area (Å²) >= 11 is 7.81. The number of halogens is 3. The van der Waals surface area contributed by atoms with Crippen molar-refractivity contribution in [1.82, 2.24) is 15.2 Å². The SMILES string of the molecule is CN[C@H]1CC[C@H](N(Cc2cc(-c3ccncc3F)ccc2OC)C(=O)c2sc3cccc(F)c3c2Cl)CC1. The molecule has 0 unspecified atom stereocenters. The molecule has 2 aromatic heterocycles. The summed E-state index contributed by atoms with van der Waals surface area (Å²) in [6, 6.07) is 12.1. The normalized spacial score (nSPS) is 17.5. The van der Waals surface area contributed by atoms with E-state index in [-0.39, 0.29) is 28.9 Å². The van der Waals surface area contributed by atoms with E-state index in [2.05, 4.69) is 10.3 Å². The number of ether oxygens (including phenoxy) is 1. The number of methoxy groups -OCH3 is 1. The van der Waals surface area contributed by atoms with E-state index in [4.69, 9.17) is 16.3 Å². The number of fused-ring (bicyclic) bond motifs is 1. The van der Waals surface area contributed by atoms with Crippen molar-refractivity contribution in [3.8, 4) is 16.9 Å². The van der Waals surface area contributed by atoms with E-state index in [1.165, 1.54) is 23.6 Å². The number of carbonyl (C=O) groups excluding carboxylic acids is 1. The van der Waals surface area contributed by atoms with Gasteiger partial charge in [0, 0.05) is 46.0 Å². The summed E-state index contributed by atoms with van der Waals surface area (Å²) in [6.07, 6.45) is 6.21. The Hall–Kier alpha value is -3.07. The number of carbonyl (C=O) groups is 1. The average molecular weight is 556 g/mol. The summed E-state index contributed by atoms with van der Waals surface area (Å²) in [5.74, 6) is -0.525. The molecule has 1 amide bonds. The maximum Gasteiger partial charge on any atom is 0.266 e. The third-order valence-electron chi connectivity index (χ3n) is 7.31. The van der Waals surface area contributed by atoms with E-state index in [9.17, 15) is 13.6 Å². The van der Waals surface area contributed by atoms with Crippen LogP contribution < -0.4 is 10.1 Å². The molecule has 2 aromatic carbocycles. The van der Waals surface area contributed by atoms with Gasteiger partial charge in [-0.05, 0) is 68.6 Å². The molecule has 9 heteroatoms. The van der Waals surface area contributed by atoms with Crippen LogP contribution in [0.2, 0.25) is 5.02 Å². The molecular weight excluding hydrogens is 528 g/mol. The number of aromatic nitrogens is 1. The van der Waals surface area contributed by atoms with Crippen molar-refractivity contribution in [2.75, 3.05) is 14.2 Å². The number of hydrogen-bond donors (Lipinski definition) is 1. The third-order valence-corrected chi connectivity index (χ3v) is 8.94. The highest BCUT2D eigenvalue weighted by molar-refractivity contribution is 7.21. The van der Waals surface area contributed by atoms with Crippen LogP contribution in [0, 0.1) is 11.6 Å². The summed E-state index contributed by atoms with van der Waals surface area (Å²) in [4.78, 5) is 20.1. The van der Waals surface area contributed by atoms with Gasteiger partial charge in [-0.15, -0.1) is 11.3 Å². The number of nitrogens with zero attached hydrogens (tertiary/aromatic N) is 2. The van der Waals surface area contributed by atoms with E-state index in [0.29, 0.717) is 32.5 Å². The van der Waals surface area contributed by atoms with Gasteiger partial charge >= 0.3 is 0 Å². The minimum atomic E-state index is -0.447. The van der Waals surface area contributed by atoms with Crippen molar-refractivity contribution < 1.29 is 18.3 Å². The Morgan fingerprint density at radius 2 is 1.95 bits per heavy atom. The van der Waals surface area contributed by atoms with Crippen molar-refractivity contribution in [1.29, 1.82) is 0 Å². The molecule has 1 aliphatic rings. The monoisotopic (exact) mass is 555 g/mol. The van der Waals surface area contributed by atoms with Gasteiger partial charge in [0.25, 0.3) is 5.91 Å². The molecule has 5 rings (SSSR count). The van der Waals surface area contributed by atoms with Crippen LogP contribution in [-0.2, 0) is 6.54 Å². The number of pyridine rings is 1. The van der Waals surface area contributed by atoms with Crippen LogP contribution in [0.5, 0.6) is 5.75 Å². The quantitative estimate of drug-likeness (QED) is 0.265. The van der Waals surface area contributed by atoms with Crippen LogP contribution in [0.25, 0.3) is 21.2 Å². The number of benzene rings is 2. The van der Waals surface area contributed by atoms with Gasteiger partial charge in [-0.25, -0.2) is 8.78 Å². The van der Waals surface area contributed by atoms with E-state index in [1.54, 1.807) is 43.6 Å². The number of hydrogen-bond acceptors (Lipinski definition) is 5. The minimum absolute atomic E-state index is 0.0377. The molecule has 198 valence electrons. The van der Waals surface area contributed by atoms with Crippen molar-refractivity contribution in [2.24, 2.45) is 0 Å². The van der Waals surface area contributed by atoms with Crippen molar-refractivity contribution in [3.63, 3.8) is 0 Å². The fourth-order valence-corrected chi connectivity index (χ4v) is 6.75. The second-order valence-corrected chi connectivity index (χ2v) is 10.9. The van der Waals surface area contributed by atoms with Crippen LogP contribution in [0.4, 0.5) is 8.78 Å². The van der Waals surface area contributed by atoms with Gasteiger partial charge in [0.05, 0.1) is 18.3 Å². The van der Waals surface area contributed by atoms with Crippen molar-refractivity contribution in [2.45, 2.75) is 44.3 Å². The molecule has 0 bridgehead atoms. The van der Waals surface area contributed by atoms with Crippen LogP contribution in [0.15, 0.2) is 54.9 Å². The van der Waals surface area contributed by atoms with E-state index in [1.807, 2.05) is 18.0 Å². The van der Waals surface area contributed by atoms with Gasteiger partial charge in [0.15, 0.2) is 0 Å². The first-order valence-electron chi connectivity index (χ1n) is 12.5. The lowest BCUT2D eigenvalue weighted by molar-refractivity contribution is 0.0604. The first-order valence-corrected chi connectivity index (χ1v) is 13.7. The first-order chi connectivity index (χ1) is 18.4. The summed E-state index contributed by atoms with van der Waals surface area (Å²) in [5, 5.41) is 3.74. The zero-order valence-corrected chi connectivity index (χ0v) is 22.7. The van der Waals surface area contributed by atoms with Crippen molar-refractivity contribution in [3.05, 3.63) is 82.0 Å². The Morgan fingerprint density at radius 1 is 1.16 bits per heavy atom. The average Bonchev–Trinajstić information content (AvgIpc) is 3.29. The maximum absolute atomic E-state index is 14.6. The number of nitrogens with one attached hydrogen (secondary N) is 1. The molecule has 38 heavy (non-hydrogen) atoms. The molecule has 2 heterocycles. The second kappa shape index (κ2) is 11.4. The zero-order chi connectivity index (χ0) is 26.8. The molecule has 1 saturated carbocycles. The lowest BCUT2D eigenvalue weighted by atomic mass is 9.89. The predicted octanol–water partition coefficient (Wildman–Crippen LogP) is 7.08.